The molecule has 2 heterocycles. The van der Waals surface area contributed by atoms with E-state index >= 15 is 0 Å². The molecule has 4 heteroatoms. The lowest BCUT2D eigenvalue weighted by molar-refractivity contribution is -0.147. The summed E-state index contributed by atoms with van der Waals surface area (Å²) >= 11 is 0. The van der Waals surface area contributed by atoms with Crippen LogP contribution < -0.4 is 5.32 Å². The summed E-state index contributed by atoms with van der Waals surface area (Å²) in [5.74, 6) is 0.248. The Hall–Kier alpha value is -0.610. The molecule has 0 bridgehead atoms. The molecule has 2 saturated heterocycles. The van der Waals surface area contributed by atoms with Crippen molar-refractivity contribution in [3.63, 3.8) is 0 Å². The lowest BCUT2D eigenvalue weighted by atomic mass is 10.1. The topological polar surface area (TPSA) is 41.6 Å². The van der Waals surface area contributed by atoms with E-state index in [-0.39, 0.29) is 24.2 Å². The molecule has 1 amide bonds. The van der Waals surface area contributed by atoms with Crippen molar-refractivity contribution in [1.29, 1.82) is 0 Å². The quantitative estimate of drug-likeness (QED) is 0.644. The van der Waals surface area contributed by atoms with Crippen LogP contribution >= 0.6 is 0 Å². The van der Waals surface area contributed by atoms with Crippen LogP contribution in [-0.4, -0.2) is 48.7 Å². The van der Waals surface area contributed by atoms with Gasteiger partial charge in [-0.05, 0) is 26.8 Å². The first kappa shape index (κ1) is 9.93. The molecule has 0 saturated carbocycles. The van der Waals surface area contributed by atoms with Crippen molar-refractivity contribution in [2.45, 2.75) is 38.5 Å². The minimum Gasteiger partial charge on any atom is -0.372 e. The summed E-state index contributed by atoms with van der Waals surface area (Å²) in [7, 11) is 0. The van der Waals surface area contributed by atoms with E-state index < -0.39 is 0 Å². The van der Waals surface area contributed by atoms with Crippen molar-refractivity contribution in [3.8, 4) is 0 Å². The highest BCUT2D eigenvalue weighted by molar-refractivity contribution is 5.82. The highest BCUT2D eigenvalue weighted by atomic mass is 16.5. The number of nitrogens with zero attached hydrogens (tertiary/aromatic N) is 1. The van der Waals surface area contributed by atoms with Gasteiger partial charge in [-0.25, -0.2) is 0 Å². The minimum atomic E-state index is 0.0764. The molecule has 0 aromatic rings. The van der Waals surface area contributed by atoms with Crippen LogP contribution in [0.15, 0.2) is 0 Å². The van der Waals surface area contributed by atoms with Crippen molar-refractivity contribution in [2.75, 3.05) is 19.6 Å². The smallest absolute Gasteiger partial charge is 0.239 e. The lowest BCUT2D eigenvalue weighted by Crippen LogP contribution is -2.58. The van der Waals surface area contributed by atoms with Gasteiger partial charge in [0.2, 0.25) is 5.91 Å². The maximum Gasteiger partial charge on any atom is 0.239 e. The van der Waals surface area contributed by atoms with Gasteiger partial charge in [0.1, 0.15) is 0 Å². The zero-order chi connectivity index (χ0) is 10.1. The maximum absolute atomic E-state index is 11.9. The van der Waals surface area contributed by atoms with Gasteiger partial charge in [-0.15, -0.1) is 0 Å². The molecule has 4 nitrogen and oxygen atoms in total. The van der Waals surface area contributed by atoms with Gasteiger partial charge in [0.25, 0.3) is 0 Å². The number of amides is 1. The van der Waals surface area contributed by atoms with E-state index in [1.165, 1.54) is 0 Å². The van der Waals surface area contributed by atoms with Crippen LogP contribution in [-0.2, 0) is 9.53 Å². The van der Waals surface area contributed by atoms with Gasteiger partial charge in [0.05, 0.1) is 18.2 Å². The Morgan fingerprint density at radius 2 is 1.93 bits per heavy atom. The lowest BCUT2D eigenvalue weighted by Gasteiger charge is -2.39. The molecular weight excluding hydrogens is 180 g/mol. The molecular formula is C10H18N2O2. The van der Waals surface area contributed by atoms with Crippen molar-refractivity contribution in [1.82, 2.24) is 10.2 Å². The monoisotopic (exact) mass is 198 g/mol. The van der Waals surface area contributed by atoms with E-state index in [1.807, 2.05) is 18.7 Å². The van der Waals surface area contributed by atoms with Gasteiger partial charge in [0, 0.05) is 13.1 Å². The van der Waals surface area contributed by atoms with Crippen molar-refractivity contribution in [3.05, 3.63) is 0 Å². The van der Waals surface area contributed by atoms with Crippen LogP contribution in [0.4, 0.5) is 0 Å². The summed E-state index contributed by atoms with van der Waals surface area (Å²) in [6, 6.07) is 0.0764. The van der Waals surface area contributed by atoms with E-state index in [0.717, 1.165) is 26.1 Å². The number of carbonyl (C=O) groups excluding carboxylic acids is 1. The molecule has 14 heavy (non-hydrogen) atoms. The Labute approximate surface area is 84.6 Å². The standard InChI is InChI=1S/C10H18N2O2/c1-7-5-12(6-8(2)14-7)10(13)9-3-4-11-9/h7-9,11H,3-6H2,1-2H3. The Morgan fingerprint density at radius 1 is 1.36 bits per heavy atom. The molecule has 80 valence electrons. The second kappa shape index (κ2) is 3.87. The Kier molecular flexibility index (Phi) is 2.74. The van der Waals surface area contributed by atoms with Crippen LogP contribution in [0.2, 0.25) is 0 Å². The molecule has 0 aromatic heterocycles. The third-order valence-corrected chi connectivity index (χ3v) is 2.85. The predicted octanol–water partition coefficient (Wildman–Crippen LogP) is -0.0159. The second-order valence-corrected chi connectivity index (χ2v) is 4.30. The third kappa shape index (κ3) is 1.91. The maximum atomic E-state index is 11.9. The molecule has 3 unspecified atom stereocenters. The van der Waals surface area contributed by atoms with E-state index in [9.17, 15) is 4.79 Å². The number of carbonyl (C=O) groups is 1. The summed E-state index contributed by atoms with van der Waals surface area (Å²) in [5.41, 5.74) is 0. The zero-order valence-corrected chi connectivity index (χ0v) is 8.82. The summed E-state index contributed by atoms with van der Waals surface area (Å²) in [6.07, 6.45) is 1.32. The number of hydrogen-bond acceptors (Lipinski definition) is 3. The van der Waals surface area contributed by atoms with E-state index in [1.54, 1.807) is 0 Å². The van der Waals surface area contributed by atoms with Gasteiger partial charge in [-0.2, -0.15) is 0 Å². The summed E-state index contributed by atoms with van der Waals surface area (Å²) < 4.78 is 5.58. The molecule has 3 atom stereocenters. The molecule has 0 aromatic carbocycles. The van der Waals surface area contributed by atoms with Gasteiger partial charge >= 0.3 is 0 Å². The largest absolute Gasteiger partial charge is 0.372 e. The van der Waals surface area contributed by atoms with Gasteiger partial charge in [-0.3, -0.25) is 4.79 Å². The minimum absolute atomic E-state index is 0.0764. The van der Waals surface area contributed by atoms with Gasteiger partial charge in [0.15, 0.2) is 0 Å². The average molecular weight is 198 g/mol. The first-order chi connectivity index (χ1) is 6.66. The molecule has 1 N–H and O–H groups in total. The van der Waals surface area contributed by atoms with E-state index in [0.29, 0.717) is 0 Å². The number of morpholine rings is 1. The Bertz CT molecular complexity index is 218. The summed E-state index contributed by atoms with van der Waals surface area (Å²) in [5, 5.41) is 3.14. The molecule has 0 radical (unpaired) electrons. The molecule has 2 aliphatic rings. The van der Waals surface area contributed by atoms with Crippen molar-refractivity contribution < 1.29 is 9.53 Å². The Balaban J connectivity index is 1.92. The first-order valence-electron chi connectivity index (χ1n) is 5.34. The molecule has 2 fully saturated rings. The fourth-order valence-corrected chi connectivity index (χ4v) is 2.08. The van der Waals surface area contributed by atoms with E-state index in [2.05, 4.69) is 5.32 Å². The number of rotatable bonds is 1. The van der Waals surface area contributed by atoms with Crippen molar-refractivity contribution >= 4 is 5.91 Å². The number of ether oxygens (including phenoxy) is 1. The van der Waals surface area contributed by atoms with Crippen LogP contribution in [0.1, 0.15) is 20.3 Å². The van der Waals surface area contributed by atoms with Crippen molar-refractivity contribution in [2.24, 2.45) is 0 Å². The molecule has 2 aliphatic heterocycles. The van der Waals surface area contributed by atoms with Crippen LogP contribution in [0.3, 0.4) is 0 Å². The summed E-state index contributed by atoms with van der Waals surface area (Å²) in [4.78, 5) is 13.8. The van der Waals surface area contributed by atoms with Crippen LogP contribution in [0.25, 0.3) is 0 Å². The Morgan fingerprint density at radius 3 is 2.36 bits per heavy atom. The molecule has 0 spiro atoms. The predicted molar refractivity (Wildman–Crippen MR) is 53.0 cm³/mol. The summed E-state index contributed by atoms with van der Waals surface area (Å²) in [6.45, 7) is 6.49. The SMILES string of the molecule is CC1CN(C(=O)C2CCN2)CC(C)O1. The number of hydrogen-bond donors (Lipinski definition) is 1. The highest BCUT2D eigenvalue weighted by Crippen LogP contribution is 2.14. The van der Waals surface area contributed by atoms with Gasteiger partial charge < -0.3 is 15.0 Å². The molecule has 2 rings (SSSR count). The first-order valence-corrected chi connectivity index (χ1v) is 5.34. The molecule has 0 aliphatic carbocycles. The normalized spacial score (nSPS) is 37.9. The zero-order valence-electron chi connectivity index (χ0n) is 8.82. The van der Waals surface area contributed by atoms with Crippen LogP contribution in [0.5, 0.6) is 0 Å². The average Bonchev–Trinajstić information content (AvgIpc) is 1.98. The van der Waals surface area contributed by atoms with E-state index in [4.69, 9.17) is 4.74 Å². The second-order valence-electron chi connectivity index (χ2n) is 4.30. The van der Waals surface area contributed by atoms with Gasteiger partial charge in [-0.1, -0.05) is 0 Å². The third-order valence-electron chi connectivity index (χ3n) is 2.85. The van der Waals surface area contributed by atoms with Crippen LogP contribution in [0, 0.1) is 0 Å². The highest BCUT2D eigenvalue weighted by Gasteiger charge is 2.32. The number of nitrogens with one attached hydrogen (secondary N) is 1. The fourth-order valence-electron chi connectivity index (χ4n) is 2.08. The fraction of sp³-hybridized carbons (Fsp3) is 0.900.